The van der Waals surface area contributed by atoms with Gasteiger partial charge >= 0.3 is 6.03 Å². The molecule has 1 heterocycles. The van der Waals surface area contributed by atoms with Crippen molar-refractivity contribution in [3.8, 4) is 5.88 Å². The fourth-order valence-corrected chi connectivity index (χ4v) is 1.89. The Balaban J connectivity index is 1.91. The number of urea groups is 1. The molecule has 2 amide bonds. The van der Waals surface area contributed by atoms with E-state index in [4.69, 9.17) is 16.3 Å². The molecule has 0 bridgehead atoms. The maximum atomic E-state index is 11.9. The molecular formula is C15H16ClN3O2. The van der Waals surface area contributed by atoms with Gasteiger partial charge in [0.25, 0.3) is 0 Å². The first-order valence-electron chi connectivity index (χ1n) is 6.38. The van der Waals surface area contributed by atoms with E-state index in [1.807, 2.05) is 19.1 Å². The van der Waals surface area contributed by atoms with Gasteiger partial charge in [0.05, 0.1) is 7.11 Å². The van der Waals surface area contributed by atoms with E-state index in [9.17, 15) is 4.79 Å². The van der Waals surface area contributed by atoms with E-state index in [2.05, 4.69) is 15.6 Å². The lowest BCUT2D eigenvalue weighted by Crippen LogP contribution is -2.28. The summed E-state index contributed by atoms with van der Waals surface area (Å²) in [5.41, 5.74) is 2.52. The molecule has 6 heteroatoms. The second kappa shape index (κ2) is 6.95. The van der Waals surface area contributed by atoms with E-state index in [1.54, 1.807) is 31.5 Å². The van der Waals surface area contributed by atoms with Crippen LogP contribution in [0.1, 0.15) is 11.1 Å². The van der Waals surface area contributed by atoms with Crippen LogP contribution in [0.5, 0.6) is 5.88 Å². The van der Waals surface area contributed by atoms with Crippen molar-refractivity contribution in [1.29, 1.82) is 0 Å². The minimum Gasteiger partial charge on any atom is -0.481 e. The number of halogens is 1. The van der Waals surface area contributed by atoms with Crippen molar-refractivity contribution >= 4 is 23.3 Å². The van der Waals surface area contributed by atoms with Gasteiger partial charge in [-0.25, -0.2) is 9.78 Å². The number of carbonyl (C=O) groups is 1. The molecule has 0 atom stereocenters. The number of pyridine rings is 1. The van der Waals surface area contributed by atoms with Gasteiger partial charge in [0.2, 0.25) is 5.88 Å². The van der Waals surface area contributed by atoms with Crippen LogP contribution in [0.4, 0.5) is 10.5 Å². The summed E-state index contributed by atoms with van der Waals surface area (Å²) in [6, 6.07) is 8.64. The third kappa shape index (κ3) is 4.36. The Morgan fingerprint density at radius 3 is 2.81 bits per heavy atom. The zero-order valence-electron chi connectivity index (χ0n) is 11.8. The van der Waals surface area contributed by atoms with E-state index in [1.165, 1.54) is 0 Å². The Morgan fingerprint density at radius 1 is 1.33 bits per heavy atom. The Bertz CT molecular complexity index is 629. The molecule has 1 aromatic carbocycles. The highest BCUT2D eigenvalue weighted by Gasteiger charge is 2.05. The van der Waals surface area contributed by atoms with Gasteiger partial charge in [0.15, 0.2) is 0 Å². The monoisotopic (exact) mass is 305 g/mol. The van der Waals surface area contributed by atoms with Crippen molar-refractivity contribution in [2.75, 3.05) is 12.4 Å². The van der Waals surface area contributed by atoms with Gasteiger partial charge in [-0.2, -0.15) is 0 Å². The molecule has 110 valence electrons. The molecule has 0 aliphatic heterocycles. The number of nitrogens with one attached hydrogen (secondary N) is 2. The number of ether oxygens (including phenoxy) is 1. The fourth-order valence-electron chi connectivity index (χ4n) is 1.71. The van der Waals surface area contributed by atoms with Crippen LogP contribution < -0.4 is 15.4 Å². The first-order valence-corrected chi connectivity index (χ1v) is 6.76. The summed E-state index contributed by atoms with van der Waals surface area (Å²) in [6.07, 6.45) is 1.66. The number of methoxy groups -OCH3 is 1. The maximum absolute atomic E-state index is 11.9. The normalized spacial score (nSPS) is 10.0. The predicted molar refractivity (Wildman–Crippen MR) is 82.8 cm³/mol. The number of hydrogen-bond donors (Lipinski definition) is 2. The number of amides is 2. The number of hydrogen-bond acceptors (Lipinski definition) is 3. The third-order valence-corrected chi connectivity index (χ3v) is 3.14. The van der Waals surface area contributed by atoms with E-state index in [0.29, 0.717) is 23.1 Å². The van der Waals surface area contributed by atoms with Gasteiger partial charge in [0.1, 0.15) is 0 Å². The summed E-state index contributed by atoms with van der Waals surface area (Å²) in [5, 5.41) is 6.10. The lowest BCUT2D eigenvalue weighted by Gasteiger charge is -2.10. The van der Waals surface area contributed by atoms with Crippen LogP contribution in [-0.4, -0.2) is 18.1 Å². The minimum absolute atomic E-state index is 0.295. The van der Waals surface area contributed by atoms with Crippen LogP contribution in [0.3, 0.4) is 0 Å². The van der Waals surface area contributed by atoms with Gasteiger partial charge in [0, 0.05) is 29.5 Å². The molecule has 5 nitrogen and oxygen atoms in total. The molecule has 0 radical (unpaired) electrons. The second-order valence-corrected chi connectivity index (χ2v) is 4.91. The Labute approximate surface area is 128 Å². The molecule has 21 heavy (non-hydrogen) atoms. The molecule has 0 spiro atoms. The van der Waals surface area contributed by atoms with E-state index in [0.717, 1.165) is 11.1 Å². The topological polar surface area (TPSA) is 63.2 Å². The molecule has 0 unspecified atom stereocenters. The third-order valence-electron chi connectivity index (χ3n) is 2.91. The van der Waals surface area contributed by atoms with Crippen molar-refractivity contribution < 1.29 is 9.53 Å². The number of benzene rings is 1. The molecule has 0 fully saturated rings. The average molecular weight is 306 g/mol. The summed E-state index contributed by atoms with van der Waals surface area (Å²) < 4.78 is 4.97. The van der Waals surface area contributed by atoms with Gasteiger partial charge in [-0.15, -0.1) is 0 Å². The minimum atomic E-state index is -0.295. The zero-order chi connectivity index (χ0) is 15.2. The number of carbonyl (C=O) groups excluding carboxylic acids is 1. The van der Waals surface area contributed by atoms with Crippen molar-refractivity contribution in [2.45, 2.75) is 13.5 Å². The van der Waals surface area contributed by atoms with E-state index >= 15 is 0 Å². The van der Waals surface area contributed by atoms with Crippen LogP contribution in [0.2, 0.25) is 5.02 Å². The van der Waals surface area contributed by atoms with Crippen LogP contribution in [0.25, 0.3) is 0 Å². The molecule has 0 aliphatic rings. The summed E-state index contributed by atoms with van der Waals surface area (Å²) in [5.74, 6) is 0.540. The first kappa shape index (κ1) is 15.1. The Morgan fingerprint density at radius 2 is 2.14 bits per heavy atom. The van der Waals surface area contributed by atoms with Gasteiger partial charge in [-0.05, 0) is 30.2 Å². The Hall–Kier alpha value is -2.27. The number of rotatable bonds is 4. The summed E-state index contributed by atoms with van der Waals surface area (Å²) in [6.45, 7) is 2.28. The van der Waals surface area contributed by atoms with E-state index in [-0.39, 0.29) is 6.03 Å². The fraction of sp³-hybridized carbons (Fsp3) is 0.200. The van der Waals surface area contributed by atoms with Crippen LogP contribution in [-0.2, 0) is 6.54 Å². The molecule has 0 aliphatic carbocycles. The molecule has 1 aromatic heterocycles. The molecule has 2 aromatic rings. The smallest absolute Gasteiger partial charge is 0.319 e. The van der Waals surface area contributed by atoms with Crippen molar-refractivity contribution in [3.63, 3.8) is 0 Å². The number of nitrogens with zero attached hydrogens (tertiary/aromatic N) is 1. The molecule has 2 rings (SSSR count). The SMILES string of the molecule is COc1ccc(CNC(=O)Nc2cc(Cl)ccc2C)cn1. The maximum Gasteiger partial charge on any atom is 0.319 e. The highest BCUT2D eigenvalue weighted by Crippen LogP contribution is 2.19. The number of aryl methyl sites for hydroxylation is 1. The van der Waals surface area contributed by atoms with Gasteiger partial charge < -0.3 is 15.4 Å². The standard InChI is InChI=1S/C15H16ClN3O2/c1-10-3-5-12(16)7-13(10)19-15(20)18-9-11-4-6-14(21-2)17-8-11/h3-8H,9H2,1-2H3,(H2,18,19,20). The van der Waals surface area contributed by atoms with Gasteiger partial charge in [-0.1, -0.05) is 23.7 Å². The predicted octanol–water partition coefficient (Wildman–Crippen LogP) is 3.37. The summed E-state index contributed by atoms with van der Waals surface area (Å²) in [4.78, 5) is 15.9. The zero-order valence-corrected chi connectivity index (χ0v) is 12.6. The lowest BCUT2D eigenvalue weighted by molar-refractivity contribution is 0.251. The molecule has 0 saturated heterocycles. The Kier molecular flexibility index (Phi) is 5.00. The summed E-state index contributed by atoms with van der Waals surface area (Å²) in [7, 11) is 1.56. The first-order chi connectivity index (χ1) is 10.1. The number of aromatic nitrogens is 1. The quantitative estimate of drug-likeness (QED) is 0.910. The van der Waals surface area contributed by atoms with E-state index < -0.39 is 0 Å². The van der Waals surface area contributed by atoms with Crippen LogP contribution >= 0.6 is 11.6 Å². The van der Waals surface area contributed by atoms with Gasteiger partial charge in [-0.3, -0.25) is 0 Å². The average Bonchev–Trinajstić information content (AvgIpc) is 2.49. The molecular weight excluding hydrogens is 290 g/mol. The van der Waals surface area contributed by atoms with Crippen molar-refractivity contribution in [2.24, 2.45) is 0 Å². The molecule has 2 N–H and O–H groups in total. The van der Waals surface area contributed by atoms with Crippen molar-refractivity contribution in [3.05, 3.63) is 52.7 Å². The largest absolute Gasteiger partial charge is 0.481 e. The second-order valence-electron chi connectivity index (χ2n) is 4.48. The van der Waals surface area contributed by atoms with Crippen LogP contribution in [0.15, 0.2) is 36.5 Å². The highest BCUT2D eigenvalue weighted by molar-refractivity contribution is 6.31. The molecule has 0 saturated carbocycles. The van der Waals surface area contributed by atoms with Crippen molar-refractivity contribution in [1.82, 2.24) is 10.3 Å². The lowest BCUT2D eigenvalue weighted by atomic mass is 10.2. The summed E-state index contributed by atoms with van der Waals surface area (Å²) >= 11 is 5.91. The number of anilines is 1. The highest BCUT2D eigenvalue weighted by atomic mass is 35.5. The van der Waals surface area contributed by atoms with Crippen LogP contribution in [0, 0.1) is 6.92 Å².